The number of methoxy groups -OCH3 is 1. The minimum atomic E-state index is -0.441. The molecule has 0 atom stereocenters. The van der Waals surface area contributed by atoms with Gasteiger partial charge in [0.2, 0.25) is 0 Å². The Kier molecular flexibility index (Phi) is 5.93. The zero-order valence-electron chi connectivity index (χ0n) is 13.6. The number of anilines is 1. The Bertz CT molecular complexity index is 798. The quantitative estimate of drug-likeness (QED) is 0.511. The van der Waals surface area contributed by atoms with Crippen LogP contribution in [0.15, 0.2) is 71.8 Å². The molecule has 1 amide bonds. The second-order valence-electron chi connectivity index (χ2n) is 5.15. The van der Waals surface area contributed by atoms with Gasteiger partial charge in [0.1, 0.15) is 17.4 Å². The van der Waals surface area contributed by atoms with Gasteiger partial charge in [0.05, 0.1) is 7.11 Å². The summed E-state index contributed by atoms with van der Waals surface area (Å²) in [5.41, 5.74) is 2.49. The Morgan fingerprint density at radius 1 is 1.12 bits per heavy atom. The fourth-order valence-corrected chi connectivity index (χ4v) is 2.10. The van der Waals surface area contributed by atoms with Gasteiger partial charge in [-0.25, -0.2) is 0 Å². The second-order valence-corrected chi connectivity index (χ2v) is 5.15. The van der Waals surface area contributed by atoms with Crippen LogP contribution in [0.3, 0.4) is 0 Å². The number of carbonyl (C=O) groups excluding carboxylic acids is 1. The number of ether oxygens (including phenoxy) is 1. The van der Waals surface area contributed by atoms with Gasteiger partial charge in [0.25, 0.3) is 5.91 Å². The van der Waals surface area contributed by atoms with Crippen molar-refractivity contribution in [1.82, 2.24) is 0 Å². The van der Waals surface area contributed by atoms with E-state index in [-0.39, 0.29) is 5.57 Å². The third-order valence-corrected chi connectivity index (χ3v) is 3.28. The third kappa shape index (κ3) is 4.85. The van der Waals surface area contributed by atoms with E-state index in [0.717, 1.165) is 11.1 Å². The first-order valence-electron chi connectivity index (χ1n) is 7.43. The van der Waals surface area contributed by atoms with Gasteiger partial charge in [0.15, 0.2) is 0 Å². The smallest absolute Gasteiger partial charge is 0.266 e. The highest BCUT2D eigenvalue weighted by Crippen LogP contribution is 2.16. The molecule has 2 aromatic rings. The van der Waals surface area contributed by atoms with Crippen LogP contribution in [0.5, 0.6) is 5.75 Å². The fraction of sp³-hybridized carbons (Fsp3) is 0.100. The molecule has 0 unspecified atom stereocenters. The average Bonchev–Trinajstić information content (AvgIpc) is 2.61. The molecule has 24 heavy (non-hydrogen) atoms. The number of nitriles is 1. The van der Waals surface area contributed by atoms with Gasteiger partial charge in [-0.1, -0.05) is 36.4 Å². The first-order valence-corrected chi connectivity index (χ1v) is 7.43. The number of nitrogens with one attached hydrogen (secondary N) is 1. The molecule has 0 radical (unpaired) electrons. The number of nitrogens with zero attached hydrogens (tertiary/aromatic N) is 1. The van der Waals surface area contributed by atoms with Crippen molar-refractivity contribution < 1.29 is 9.53 Å². The Morgan fingerprint density at radius 3 is 2.38 bits per heavy atom. The van der Waals surface area contributed by atoms with Crippen LogP contribution >= 0.6 is 0 Å². The lowest BCUT2D eigenvalue weighted by molar-refractivity contribution is -0.112. The minimum absolute atomic E-state index is 0.0514. The first kappa shape index (κ1) is 17.0. The molecule has 2 aromatic carbocycles. The van der Waals surface area contributed by atoms with Crippen molar-refractivity contribution in [2.45, 2.75) is 6.92 Å². The zero-order valence-corrected chi connectivity index (χ0v) is 13.6. The number of benzene rings is 2. The highest BCUT2D eigenvalue weighted by molar-refractivity contribution is 6.07. The normalized spacial score (nSPS) is 11.5. The summed E-state index contributed by atoms with van der Waals surface area (Å²) < 4.78 is 5.07. The highest BCUT2D eigenvalue weighted by atomic mass is 16.5. The maximum atomic E-state index is 12.2. The summed E-state index contributed by atoms with van der Waals surface area (Å²) in [6.45, 7) is 1.85. The van der Waals surface area contributed by atoms with Crippen LogP contribution in [0, 0.1) is 11.3 Å². The molecule has 0 aromatic heterocycles. The lowest BCUT2D eigenvalue weighted by Gasteiger charge is -2.05. The summed E-state index contributed by atoms with van der Waals surface area (Å²) >= 11 is 0. The maximum Gasteiger partial charge on any atom is 0.266 e. The summed E-state index contributed by atoms with van der Waals surface area (Å²) in [4.78, 5) is 12.2. The number of amides is 1. The number of hydrogen-bond donors (Lipinski definition) is 1. The number of allylic oxidation sites excluding steroid dienone is 2. The van der Waals surface area contributed by atoms with Crippen LogP contribution in [-0.2, 0) is 4.79 Å². The van der Waals surface area contributed by atoms with E-state index >= 15 is 0 Å². The minimum Gasteiger partial charge on any atom is -0.497 e. The number of rotatable bonds is 5. The van der Waals surface area contributed by atoms with Crippen molar-refractivity contribution in [3.63, 3.8) is 0 Å². The molecule has 0 fully saturated rings. The van der Waals surface area contributed by atoms with Crippen LogP contribution in [0.25, 0.3) is 6.08 Å². The van der Waals surface area contributed by atoms with Crippen LogP contribution in [0.1, 0.15) is 12.5 Å². The summed E-state index contributed by atoms with van der Waals surface area (Å²) in [6.07, 6.45) is 3.49. The molecule has 0 spiro atoms. The topological polar surface area (TPSA) is 62.1 Å². The summed E-state index contributed by atoms with van der Waals surface area (Å²) in [7, 11) is 1.58. The maximum absolute atomic E-state index is 12.2. The SMILES string of the molecule is COc1ccc(NC(=O)/C(C#N)=C\C(C)=C\c2ccccc2)cc1. The molecule has 2 rings (SSSR count). The molecule has 0 saturated heterocycles. The van der Waals surface area contributed by atoms with Gasteiger partial charge in [0, 0.05) is 5.69 Å². The van der Waals surface area contributed by atoms with E-state index in [0.29, 0.717) is 11.4 Å². The lowest BCUT2D eigenvalue weighted by atomic mass is 10.1. The van der Waals surface area contributed by atoms with E-state index in [9.17, 15) is 10.1 Å². The molecule has 0 aliphatic heterocycles. The molecule has 0 heterocycles. The molecule has 4 nitrogen and oxygen atoms in total. The predicted octanol–water partition coefficient (Wildman–Crippen LogP) is 4.19. The molecular weight excluding hydrogens is 300 g/mol. The number of carbonyl (C=O) groups is 1. The van der Waals surface area contributed by atoms with Gasteiger partial charge in [-0.15, -0.1) is 0 Å². The standard InChI is InChI=1S/C20H18N2O2/c1-15(12-16-6-4-3-5-7-16)13-17(14-21)20(23)22-18-8-10-19(24-2)11-9-18/h3-13H,1-2H3,(H,22,23)/b15-12+,17-13-. The van der Waals surface area contributed by atoms with E-state index in [1.807, 2.05) is 49.4 Å². The monoisotopic (exact) mass is 318 g/mol. The van der Waals surface area contributed by atoms with Crippen molar-refractivity contribution in [3.8, 4) is 11.8 Å². The average molecular weight is 318 g/mol. The summed E-state index contributed by atoms with van der Waals surface area (Å²) in [6, 6.07) is 18.6. The molecule has 1 N–H and O–H groups in total. The van der Waals surface area contributed by atoms with E-state index in [1.165, 1.54) is 0 Å². The van der Waals surface area contributed by atoms with Crippen LogP contribution in [-0.4, -0.2) is 13.0 Å². The van der Waals surface area contributed by atoms with Gasteiger partial charge in [-0.3, -0.25) is 4.79 Å². The van der Waals surface area contributed by atoms with Crippen molar-refractivity contribution in [1.29, 1.82) is 5.26 Å². The Morgan fingerprint density at radius 2 is 1.79 bits per heavy atom. The van der Waals surface area contributed by atoms with Crippen LogP contribution in [0.2, 0.25) is 0 Å². The van der Waals surface area contributed by atoms with Gasteiger partial charge < -0.3 is 10.1 Å². The molecule has 0 saturated carbocycles. The highest BCUT2D eigenvalue weighted by Gasteiger charge is 2.09. The van der Waals surface area contributed by atoms with E-state index < -0.39 is 5.91 Å². The number of hydrogen-bond acceptors (Lipinski definition) is 3. The molecule has 120 valence electrons. The molecule has 0 bridgehead atoms. The van der Waals surface area contributed by atoms with Crippen molar-refractivity contribution >= 4 is 17.7 Å². The largest absolute Gasteiger partial charge is 0.497 e. The Hall–Kier alpha value is -3.32. The van der Waals surface area contributed by atoms with Gasteiger partial charge in [-0.2, -0.15) is 5.26 Å². The van der Waals surface area contributed by atoms with E-state index in [1.54, 1.807) is 37.5 Å². The Balaban J connectivity index is 2.13. The molecule has 4 heteroatoms. The van der Waals surface area contributed by atoms with Gasteiger partial charge in [-0.05, 0) is 48.4 Å². The second kappa shape index (κ2) is 8.35. The molecular formula is C20H18N2O2. The molecule has 0 aliphatic carbocycles. The summed E-state index contributed by atoms with van der Waals surface area (Å²) in [5, 5.41) is 11.9. The van der Waals surface area contributed by atoms with E-state index in [2.05, 4.69) is 5.32 Å². The third-order valence-electron chi connectivity index (χ3n) is 3.28. The first-order chi connectivity index (χ1) is 11.6. The van der Waals surface area contributed by atoms with Crippen molar-refractivity contribution in [3.05, 3.63) is 77.4 Å². The Labute approximate surface area is 141 Å². The van der Waals surface area contributed by atoms with Crippen molar-refractivity contribution in [2.75, 3.05) is 12.4 Å². The summed E-state index contributed by atoms with van der Waals surface area (Å²) in [5.74, 6) is 0.258. The van der Waals surface area contributed by atoms with Crippen LogP contribution < -0.4 is 10.1 Å². The molecule has 0 aliphatic rings. The van der Waals surface area contributed by atoms with Crippen LogP contribution in [0.4, 0.5) is 5.69 Å². The fourth-order valence-electron chi connectivity index (χ4n) is 2.10. The lowest BCUT2D eigenvalue weighted by Crippen LogP contribution is -2.13. The van der Waals surface area contributed by atoms with E-state index in [4.69, 9.17) is 4.74 Å². The predicted molar refractivity (Wildman–Crippen MR) is 95.4 cm³/mol. The zero-order chi connectivity index (χ0) is 17.4. The van der Waals surface area contributed by atoms with Crippen molar-refractivity contribution in [2.24, 2.45) is 0 Å². The van der Waals surface area contributed by atoms with Gasteiger partial charge >= 0.3 is 0 Å².